The van der Waals surface area contributed by atoms with E-state index in [1.807, 2.05) is 14.1 Å². The van der Waals surface area contributed by atoms with E-state index in [4.69, 9.17) is 9.59 Å². The summed E-state index contributed by atoms with van der Waals surface area (Å²) in [4.78, 5) is 15.5. The van der Waals surface area contributed by atoms with Gasteiger partial charge >= 0.3 is 19.5 Å². The summed E-state index contributed by atoms with van der Waals surface area (Å²) in [6, 6.07) is 0. The van der Waals surface area contributed by atoms with E-state index in [2.05, 4.69) is 62.5 Å². The maximum atomic E-state index is 7.75. The van der Waals surface area contributed by atoms with Crippen molar-refractivity contribution in [1.82, 2.24) is 0 Å². The first-order chi connectivity index (χ1) is 10.7. The van der Waals surface area contributed by atoms with E-state index >= 15 is 0 Å². The van der Waals surface area contributed by atoms with Crippen LogP contribution in [0.25, 0.3) is 21.3 Å². The van der Waals surface area contributed by atoms with Crippen LogP contribution in [0.4, 0.5) is 0 Å². The van der Waals surface area contributed by atoms with Crippen molar-refractivity contribution in [2.45, 2.75) is 65.7 Å². The van der Waals surface area contributed by atoms with Gasteiger partial charge < -0.3 is 30.9 Å². The molecule has 0 aromatic carbocycles. The Morgan fingerprint density at radius 2 is 0.957 bits per heavy atom. The van der Waals surface area contributed by atoms with Gasteiger partial charge in [0.1, 0.15) is 0 Å². The van der Waals surface area contributed by atoms with Crippen LogP contribution in [0.3, 0.4) is 0 Å². The molecule has 0 radical (unpaired) electrons. The van der Waals surface area contributed by atoms with Gasteiger partial charge in [0.25, 0.3) is 0 Å². The van der Waals surface area contributed by atoms with Crippen LogP contribution in [0.15, 0.2) is 0 Å². The van der Waals surface area contributed by atoms with Crippen molar-refractivity contribution < 1.29 is 29.1 Å². The topological polar surface area (TPSA) is 90.5 Å². The van der Waals surface area contributed by atoms with Crippen LogP contribution in [-0.4, -0.2) is 53.1 Å². The summed E-state index contributed by atoms with van der Waals surface area (Å²) in [5.74, 6) is 0. The van der Waals surface area contributed by atoms with E-state index in [9.17, 15) is 0 Å². The molecule has 0 saturated carbocycles. The number of carbonyl (C=O) groups excluding carboxylic acids is 2. The molecule has 0 aromatic heterocycles. The molecule has 0 bridgehead atoms. The largest absolute Gasteiger partial charge is 6.00 e. The van der Waals surface area contributed by atoms with Crippen molar-refractivity contribution in [2.24, 2.45) is 0 Å². The molecule has 7 heteroatoms. The minimum absolute atomic E-state index is 0. The fraction of sp³-hybridized carbons (Fsp3) is 0.875. The van der Waals surface area contributed by atoms with Gasteiger partial charge in [0.2, 0.25) is 0 Å². The molecule has 0 heterocycles. The molecule has 0 amide bonds. The minimum atomic E-state index is 0. The second kappa shape index (κ2) is 37.8. The summed E-state index contributed by atoms with van der Waals surface area (Å²) >= 11 is 0. The van der Waals surface area contributed by atoms with E-state index in [1.165, 1.54) is 0 Å². The third kappa shape index (κ3) is 34.2. The van der Waals surface area contributed by atoms with Crippen molar-refractivity contribution in [3.8, 4) is 0 Å². The Morgan fingerprint density at radius 1 is 0.696 bits per heavy atom. The maximum absolute atomic E-state index is 7.75. The normalized spacial score (nSPS) is 11.0. The van der Waals surface area contributed by atoms with Crippen molar-refractivity contribution >= 4 is 13.6 Å². The third-order valence-electron chi connectivity index (χ3n) is 2.45. The van der Waals surface area contributed by atoms with Gasteiger partial charge in [0, 0.05) is 0 Å². The zero-order valence-corrected chi connectivity index (χ0v) is 17.2. The Hall–Kier alpha value is -0.197. The minimum Gasteiger partial charge on any atom is -0.681 e. The number of nitrogens with zero attached hydrogens (tertiary/aromatic N) is 4. The first-order valence-electron chi connectivity index (χ1n) is 7.68. The molecule has 138 valence electrons. The second-order valence-corrected chi connectivity index (χ2v) is 4.11. The summed E-state index contributed by atoms with van der Waals surface area (Å²) in [5, 5.41) is 16.8. The summed E-state index contributed by atoms with van der Waals surface area (Å²) in [6.07, 6.45) is 4.85. The van der Waals surface area contributed by atoms with Crippen LogP contribution in [0.5, 0.6) is 0 Å². The van der Waals surface area contributed by atoms with Crippen LogP contribution in [0.1, 0.15) is 53.4 Å². The number of hydrogen-bond acceptors (Lipinski definition) is 2. The molecule has 2 atom stereocenters. The molecule has 2 unspecified atom stereocenters. The third-order valence-corrected chi connectivity index (χ3v) is 2.45. The predicted octanol–water partition coefficient (Wildman–Crippen LogP) is 4.47. The Bertz CT molecular complexity index is 154. The van der Waals surface area contributed by atoms with Crippen molar-refractivity contribution in [3.63, 3.8) is 0 Å². The van der Waals surface area contributed by atoms with E-state index in [1.54, 1.807) is 0 Å². The average Bonchev–Trinajstić information content (AvgIpc) is 2.61. The van der Waals surface area contributed by atoms with E-state index in [0.29, 0.717) is 0 Å². The average molecular weight is 416 g/mol. The van der Waals surface area contributed by atoms with Crippen molar-refractivity contribution in [2.75, 3.05) is 27.2 Å². The summed E-state index contributed by atoms with van der Waals surface area (Å²) in [7, 11) is 3.65. The molecule has 6 nitrogen and oxygen atoms in total. The van der Waals surface area contributed by atoms with Gasteiger partial charge in [-0.15, -0.1) is 0 Å². The maximum Gasteiger partial charge on any atom is 6.00 e. The zero-order valence-electron chi connectivity index (χ0n) is 15.5. The predicted molar refractivity (Wildman–Crippen MR) is 97.3 cm³/mol. The molecule has 0 aromatic rings. The van der Waals surface area contributed by atoms with Gasteiger partial charge in [-0.3, -0.25) is 13.6 Å². The van der Waals surface area contributed by atoms with Crippen LogP contribution in [0, 0.1) is 0 Å². The standard InChI is InChI=1S/2C7H16N2.2CHO.Ru/c2*1-4-6-9-7(5-2)8-3;2*1-2;/h2*7H,4-6H2,1-3H3;2*1H;/q2*-2;2*-1;+6. The SMILES string of the molecule is CCC[N-]C(CC)[N-]C.CCC[N-]C(CC)[N-]C.[CH-]=O.[CH-]=O.[Ru+6]. The fourth-order valence-electron chi connectivity index (χ4n) is 1.34. The van der Waals surface area contributed by atoms with E-state index in [0.717, 1.165) is 38.8 Å². The summed E-state index contributed by atoms with van der Waals surface area (Å²) in [6.45, 7) is 16.9. The molecule has 0 spiro atoms. The number of hydrogen-bond donors (Lipinski definition) is 0. The second-order valence-electron chi connectivity index (χ2n) is 4.11. The van der Waals surface area contributed by atoms with E-state index in [-0.39, 0.29) is 31.8 Å². The Labute approximate surface area is 157 Å². The van der Waals surface area contributed by atoms with E-state index < -0.39 is 0 Å². The van der Waals surface area contributed by atoms with Gasteiger partial charge in [-0.2, -0.15) is 27.2 Å². The molecular weight excluding hydrogens is 381 g/mol. The quantitative estimate of drug-likeness (QED) is 0.299. The van der Waals surface area contributed by atoms with Gasteiger partial charge in [-0.25, -0.2) is 12.3 Å². The fourth-order valence-corrected chi connectivity index (χ4v) is 1.34. The van der Waals surface area contributed by atoms with Gasteiger partial charge in [-0.1, -0.05) is 53.4 Å². The molecule has 23 heavy (non-hydrogen) atoms. The van der Waals surface area contributed by atoms with Gasteiger partial charge in [-0.05, 0) is 0 Å². The molecule has 0 rings (SSSR count). The van der Waals surface area contributed by atoms with Crippen LogP contribution < -0.4 is 0 Å². The van der Waals surface area contributed by atoms with Crippen LogP contribution in [-0.2, 0) is 29.1 Å². The first-order valence-corrected chi connectivity index (χ1v) is 7.68. The molecule has 0 fully saturated rings. The number of rotatable bonds is 10. The zero-order chi connectivity index (χ0) is 18.2. The van der Waals surface area contributed by atoms with Gasteiger partial charge in [0.05, 0.1) is 0 Å². The van der Waals surface area contributed by atoms with Crippen molar-refractivity contribution in [1.29, 1.82) is 0 Å². The molecule has 0 saturated heterocycles. The molecule has 0 aliphatic heterocycles. The van der Waals surface area contributed by atoms with Crippen molar-refractivity contribution in [3.05, 3.63) is 21.3 Å². The monoisotopic (exact) mass is 416 g/mol. The first kappa shape index (κ1) is 34.2. The van der Waals surface area contributed by atoms with Crippen LogP contribution in [0.2, 0.25) is 0 Å². The Kier molecular flexibility index (Phi) is 56.2. The molecular formula is C16H34N4O2Ru. The van der Waals surface area contributed by atoms with Gasteiger partial charge in [0.15, 0.2) is 0 Å². The van der Waals surface area contributed by atoms with Crippen LogP contribution >= 0.6 is 0 Å². The smallest absolute Gasteiger partial charge is 0.681 e. The Morgan fingerprint density at radius 3 is 1.09 bits per heavy atom. The molecule has 0 aliphatic rings. The summed E-state index contributed by atoms with van der Waals surface area (Å²) < 4.78 is 0. The molecule has 0 N–H and O–H groups in total. The molecule has 0 aliphatic carbocycles. The summed E-state index contributed by atoms with van der Waals surface area (Å²) in [5.41, 5.74) is 0. The Balaban J connectivity index is -0.0000000743.